The Labute approximate surface area is 84.1 Å². The van der Waals surface area contributed by atoms with Crippen LogP contribution in [0.2, 0.25) is 0 Å². The quantitative estimate of drug-likeness (QED) is 0.725. The second-order valence-corrected chi connectivity index (χ2v) is 3.93. The first kappa shape index (κ1) is 9.65. The molecule has 0 aromatic heterocycles. The standard InChI is InChI=1S/C11H16N2O/c12-11-6-13(7-11)5-9-1-3-10(8-14)4-2-9/h1-4,11,14H,5-8,12H2. The molecule has 0 unspecified atom stereocenters. The number of hydrogen-bond acceptors (Lipinski definition) is 3. The molecule has 1 aliphatic heterocycles. The molecule has 2 rings (SSSR count). The maximum Gasteiger partial charge on any atom is 0.0681 e. The van der Waals surface area contributed by atoms with E-state index >= 15 is 0 Å². The lowest BCUT2D eigenvalue weighted by Crippen LogP contribution is -2.54. The molecule has 1 fully saturated rings. The van der Waals surface area contributed by atoms with Crippen LogP contribution in [-0.2, 0) is 13.2 Å². The zero-order valence-electron chi connectivity index (χ0n) is 8.19. The minimum atomic E-state index is 0.120. The molecule has 0 spiro atoms. The number of aliphatic hydroxyl groups is 1. The molecule has 0 atom stereocenters. The summed E-state index contributed by atoms with van der Waals surface area (Å²) >= 11 is 0. The third-order valence-corrected chi connectivity index (χ3v) is 2.60. The molecule has 0 aliphatic carbocycles. The molecule has 0 radical (unpaired) electrons. The SMILES string of the molecule is NC1CN(Cc2ccc(CO)cc2)C1. The fourth-order valence-corrected chi connectivity index (χ4v) is 1.75. The van der Waals surface area contributed by atoms with Gasteiger partial charge in [0.25, 0.3) is 0 Å². The van der Waals surface area contributed by atoms with Gasteiger partial charge in [0.15, 0.2) is 0 Å². The number of nitrogens with zero attached hydrogens (tertiary/aromatic N) is 1. The molecule has 14 heavy (non-hydrogen) atoms. The van der Waals surface area contributed by atoms with E-state index in [0.29, 0.717) is 6.04 Å². The van der Waals surface area contributed by atoms with Crippen LogP contribution in [0.3, 0.4) is 0 Å². The summed E-state index contributed by atoms with van der Waals surface area (Å²) < 4.78 is 0. The van der Waals surface area contributed by atoms with E-state index in [1.54, 1.807) is 0 Å². The zero-order chi connectivity index (χ0) is 9.97. The van der Waals surface area contributed by atoms with Crippen molar-refractivity contribution in [3.05, 3.63) is 35.4 Å². The van der Waals surface area contributed by atoms with Crippen molar-refractivity contribution in [3.8, 4) is 0 Å². The van der Waals surface area contributed by atoms with E-state index in [1.807, 2.05) is 12.1 Å². The minimum Gasteiger partial charge on any atom is -0.392 e. The number of nitrogens with two attached hydrogens (primary N) is 1. The largest absolute Gasteiger partial charge is 0.392 e. The Morgan fingerprint density at radius 3 is 2.29 bits per heavy atom. The second kappa shape index (κ2) is 4.09. The van der Waals surface area contributed by atoms with Crippen LogP contribution in [0.15, 0.2) is 24.3 Å². The van der Waals surface area contributed by atoms with Gasteiger partial charge in [0.1, 0.15) is 0 Å². The molecule has 0 amide bonds. The summed E-state index contributed by atoms with van der Waals surface area (Å²) in [5.74, 6) is 0. The molecule has 1 aromatic rings. The van der Waals surface area contributed by atoms with Gasteiger partial charge < -0.3 is 10.8 Å². The number of benzene rings is 1. The summed E-state index contributed by atoms with van der Waals surface area (Å²) in [6, 6.07) is 8.43. The Hall–Kier alpha value is -0.900. The normalized spacial score (nSPS) is 18.1. The summed E-state index contributed by atoms with van der Waals surface area (Å²) in [4.78, 5) is 2.32. The van der Waals surface area contributed by atoms with Crippen LogP contribution in [0.4, 0.5) is 0 Å². The predicted octanol–water partition coefficient (Wildman–Crippen LogP) is 0.322. The van der Waals surface area contributed by atoms with Crippen molar-refractivity contribution in [3.63, 3.8) is 0 Å². The van der Waals surface area contributed by atoms with Crippen LogP contribution < -0.4 is 5.73 Å². The molecule has 3 nitrogen and oxygen atoms in total. The van der Waals surface area contributed by atoms with Crippen LogP contribution in [0, 0.1) is 0 Å². The van der Waals surface area contributed by atoms with Crippen LogP contribution in [-0.4, -0.2) is 29.1 Å². The molecule has 1 aromatic carbocycles. The van der Waals surface area contributed by atoms with E-state index in [0.717, 1.165) is 25.2 Å². The average Bonchev–Trinajstić information content (AvgIpc) is 2.17. The molecule has 1 saturated heterocycles. The van der Waals surface area contributed by atoms with Crippen LogP contribution in [0.5, 0.6) is 0 Å². The van der Waals surface area contributed by atoms with Gasteiger partial charge in [-0.1, -0.05) is 24.3 Å². The maximum atomic E-state index is 8.88. The van der Waals surface area contributed by atoms with Crippen LogP contribution >= 0.6 is 0 Å². The average molecular weight is 192 g/mol. The van der Waals surface area contributed by atoms with E-state index < -0.39 is 0 Å². The fourth-order valence-electron chi connectivity index (χ4n) is 1.75. The van der Waals surface area contributed by atoms with Gasteiger partial charge in [-0.25, -0.2) is 0 Å². The van der Waals surface area contributed by atoms with E-state index in [9.17, 15) is 0 Å². The summed E-state index contributed by atoms with van der Waals surface area (Å²) in [5.41, 5.74) is 7.95. The van der Waals surface area contributed by atoms with Gasteiger partial charge in [-0.15, -0.1) is 0 Å². The molecular weight excluding hydrogens is 176 g/mol. The predicted molar refractivity (Wildman–Crippen MR) is 55.6 cm³/mol. The summed E-state index contributed by atoms with van der Waals surface area (Å²) in [5, 5.41) is 8.88. The molecule has 3 N–H and O–H groups in total. The van der Waals surface area contributed by atoms with Crippen LogP contribution in [0.1, 0.15) is 11.1 Å². The highest BCUT2D eigenvalue weighted by atomic mass is 16.3. The fraction of sp³-hybridized carbons (Fsp3) is 0.455. The van der Waals surface area contributed by atoms with Crippen molar-refractivity contribution in [2.45, 2.75) is 19.2 Å². The van der Waals surface area contributed by atoms with Crippen molar-refractivity contribution in [2.24, 2.45) is 5.73 Å². The molecule has 1 aliphatic rings. The molecular formula is C11H16N2O. The monoisotopic (exact) mass is 192 g/mol. The minimum absolute atomic E-state index is 0.120. The molecule has 1 heterocycles. The van der Waals surface area contributed by atoms with Crippen molar-refractivity contribution in [1.29, 1.82) is 0 Å². The Morgan fingerprint density at radius 2 is 1.79 bits per heavy atom. The molecule has 0 bridgehead atoms. The third kappa shape index (κ3) is 2.12. The lowest BCUT2D eigenvalue weighted by Gasteiger charge is -2.36. The van der Waals surface area contributed by atoms with Gasteiger partial charge >= 0.3 is 0 Å². The van der Waals surface area contributed by atoms with Gasteiger partial charge in [-0.05, 0) is 11.1 Å². The first-order valence-electron chi connectivity index (χ1n) is 4.94. The Balaban J connectivity index is 1.90. The summed E-state index contributed by atoms with van der Waals surface area (Å²) in [6.45, 7) is 3.10. The molecule has 0 saturated carbocycles. The van der Waals surface area contributed by atoms with Crippen LogP contribution in [0.25, 0.3) is 0 Å². The first-order chi connectivity index (χ1) is 6.78. The summed E-state index contributed by atoms with van der Waals surface area (Å²) in [7, 11) is 0. The van der Waals surface area contributed by atoms with E-state index in [1.165, 1.54) is 5.56 Å². The van der Waals surface area contributed by atoms with Crippen molar-refractivity contribution >= 4 is 0 Å². The lowest BCUT2D eigenvalue weighted by atomic mass is 10.1. The van der Waals surface area contributed by atoms with E-state index in [4.69, 9.17) is 10.8 Å². The lowest BCUT2D eigenvalue weighted by molar-refractivity contribution is 0.142. The zero-order valence-corrected chi connectivity index (χ0v) is 8.19. The maximum absolute atomic E-state index is 8.88. The number of rotatable bonds is 3. The Bertz CT molecular complexity index is 291. The van der Waals surface area contributed by atoms with Crippen molar-refractivity contribution in [2.75, 3.05) is 13.1 Å². The number of aliphatic hydroxyl groups excluding tert-OH is 1. The smallest absolute Gasteiger partial charge is 0.0681 e. The van der Waals surface area contributed by atoms with Gasteiger partial charge in [0, 0.05) is 25.7 Å². The van der Waals surface area contributed by atoms with Gasteiger partial charge in [0.2, 0.25) is 0 Å². The molecule has 76 valence electrons. The highest BCUT2D eigenvalue weighted by molar-refractivity contribution is 5.22. The Kier molecular flexibility index (Phi) is 2.82. The second-order valence-electron chi connectivity index (χ2n) is 3.93. The molecule has 3 heteroatoms. The Morgan fingerprint density at radius 1 is 1.21 bits per heavy atom. The van der Waals surface area contributed by atoms with Gasteiger partial charge in [-0.2, -0.15) is 0 Å². The van der Waals surface area contributed by atoms with E-state index in [-0.39, 0.29) is 6.61 Å². The number of hydrogen-bond donors (Lipinski definition) is 2. The van der Waals surface area contributed by atoms with E-state index in [2.05, 4.69) is 17.0 Å². The van der Waals surface area contributed by atoms with Crippen molar-refractivity contribution in [1.82, 2.24) is 4.90 Å². The summed E-state index contributed by atoms with van der Waals surface area (Å²) in [6.07, 6.45) is 0. The highest BCUT2D eigenvalue weighted by Gasteiger charge is 2.22. The first-order valence-corrected chi connectivity index (χ1v) is 4.94. The van der Waals surface area contributed by atoms with Gasteiger partial charge in [0.05, 0.1) is 6.61 Å². The highest BCUT2D eigenvalue weighted by Crippen LogP contribution is 2.12. The number of likely N-dealkylation sites (tertiary alicyclic amines) is 1. The van der Waals surface area contributed by atoms with Crippen molar-refractivity contribution < 1.29 is 5.11 Å². The van der Waals surface area contributed by atoms with Gasteiger partial charge in [-0.3, -0.25) is 4.90 Å². The third-order valence-electron chi connectivity index (χ3n) is 2.60. The topological polar surface area (TPSA) is 49.5 Å².